The van der Waals surface area contributed by atoms with Gasteiger partial charge in [-0.2, -0.15) is 0 Å². The van der Waals surface area contributed by atoms with Crippen LogP contribution in [-0.4, -0.2) is 55.0 Å². The lowest BCUT2D eigenvalue weighted by molar-refractivity contribution is -0.127. The molecule has 21 heavy (non-hydrogen) atoms. The SMILES string of the molecule is CN(C)C(=O)Cc1ccc(NC2CCN(C3CC3)C2)cc1. The Kier molecular flexibility index (Phi) is 4.15. The molecule has 4 heteroatoms. The number of nitrogens with one attached hydrogen (secondary N) is 1. The molecule has 0 aromatic heterocycles. The second kappa shape index (κ2) is 6.06. The maximum atomic E-state index is 11.7. The number of anilines is 1. The van der Waals surface area contributed by atoms with Crippen LogP contribution in [0.2, 0.25) is 0 Å². The zero-order valence-electron chi connectivity index (χ0n) is 13.0. The molecule has 1 aromatic rings. The summed E-state index contributed by atoms with van der Waals surface area (Å²) in [5.74, 6) is 0.145. The molecule has 2 fully saturated rings. The van der Waals surface area contributed by atoms with Gasteiger partial charge in [0.25, 0.3) is 0 Å². The van der Waals surface area contributed by atoms with Crippen molar-refractivity contribution < 1.29 is 4.79 Å². The lowest BCUT2D eigenvalue weighted by Crippen LogP contribution is -2.27. The predicted molar refractivity (Wildman–Crippen MR) is 85.5 cm³/mol. The van der Waals surface area contributed by atoms with E-state index in [4.69, 9.17) is 0 Å². The number of likely N-dealkylation sites (tertiary alicyclic amines) is 1. The van der Waals surface area contributed by atoms with E-state index in [0.29, 0.717) is 12.5 Å². The first-order valence-electron chi connectivity index (χ1n) is 7.91. The molecule has 1 unspecified atom stereocenters. The number of carbonyl (C=O) groups is 1. The van der Waals surface area contributed by atoms with E-state index in [2.05, 4.69) is 34.5 Å². The van der Waals surface area contributed by atoms with Gasteiger partial charge >= 0.3 is 0 Å². The number of likely N-dealkylation sites (N-methyl/N-ethyl adjacent to an activating group) is 1. The van der Waals surface area contributed by atoms with Crippen molar-refractivity contribution in [2.24, 2.45) is 0 Å². The Morgan fingerprint density at radius 3 is 2.57 bits per heavy atom. The standard InChI is InChI=1S/C17H25N3O/c1-19(2)17(21)11-13-3-5-14(6-4-13)18-15-9-10-20(12-15)16-7-8-16/h3-6,15-16,18H,7-12H2,1-2H3. The van der Waals surface area contributed by atoms with Crippen LogP contribution in [0, 0.1) is 0 Å². The van der Waals surface area contributed by atoms with Crippen molar-refractivity contribution in [3.8, 4) is 0 Å². The van der Waals surface area contributed by atoms with Crippen LogP contribution in [0.1, 0.15) is 24.8 Å². The van der Waals surface area contributed by atoms with Crippen molar-refractivity contribution in [3.05, 3.63) is 29.8 Å². The first-order chi connectivity index (χ1) is 10.1. The number of nitrogens with zero attached hydrogens (tertiary/aromatic N) is 2. The molecule has 1 aromatic carbocycles. The van der Waals surface area contributed by atoms with E-state index in [1.165, 1.54) is 38.0 Å². The topological polar surface area (TPSA) is 35.6 Å². The van der Waals surface area contributed by atoms with E-state index >= 15 is 0 Å². The van der Waals surface area contributed by atoms with Gasteiger partial charge in [-0.1, -0.05) is 12.1 Å². The zero-order chi connectivity index (χ0) is 14.8. The molecule has 0 spiro atoms. The van der Waals surface area contributed by atoms with Gasteiger partial charge < -0.3 is 10.2 Å². The fourth-order valence-corrected chi connectivity index (χ4v) is 2.96. The van der Waals surface area contributed by atoms with Gasteiger partial charge in [-0.05, 0) is 37.0 Å². The molecule has 114 valence electrons. The van der Waals surface area contributed by atoms with Gasteiger partial charge in [-0.3, -0.25) is 9.69 Å². The Morgan fingerprint density at radius 2 is 1.95 bits per heavy atom. The van der Waals surface area contributed by atoms with Crippen LogP contribution in [0.3, 0.4) is 0 Å². The highest BCUT2D eigenvalue weighted by Gasteiger charge is 2.34. The fraction of sp³-hybridized carbons (Fsp3) is 0.588. The second-order valence-corrected chi connectivity index (χ2v) is 6.52. The summed E-state index contributed by atoms with van der Waals surface area (Å²) in [6, 6.07) is 9.74. The molecule has 1 aliphatic heterocycles. The van der Waals surface area contributed by atoms with Crippen LogP contribution in [0.5, 0.6) is 0 Å². The van der Waals surface area contributed by atoms with Gasteiger partial charge in [0.2, 0.25) is 5.91 Å². The van der Waals surface area contributed by atoms with Crippen molar-refractivity contribution in [2.45, 2.75) is 37.8 Å². The largest absolute Gasteiger partial charge is 0.381 e. The molecule has 0 radical (unpaired) electrons. The second-order valence-electron chi connectivity index (χ2n) is 6.52. The number of hydrogen-bond donors (Lipinski definition) is 1. The molecule has 2 aliphatic rings. The summed E-state index contributed by atoms with van der Waals surface area (Å²) in [6.07, 6.45) is 4.49. The molecule has 1 saturated carbocycles. The third-order valence-corrected chi connectivity index (χ3v) is 4.46. The average molecular weight is 287 g/mol. The molecular weight excluding hydrogens is 262 g/mol. The summed E-state index contributed by atoms with van der Waals surface area (Å²) in [5, 5.41) is 3.62. The Balaban J connectivity index is 1.51. The van der Waals surface area contributed by atoms with E-state index in [1.807, 2.05) is 0 Å². The fourth-order valence-electron chi connectivity index (χ4n) is 2.96. The van der Waals surface area contributed by atoms with Crippen molar-refractivity contribution in [2.75, 3.05) is 32.5 Å². The van der Waals surface area contributed by atoms with Gasteiger partial charge in [-0.25, -0.2) is 0 Å². The van der Waals surface area contributed by atoms with Crippen molar-refractivity contribution >= 4 is 11.6 Å². The minimum absolute atomic E-state index is 0.145. The highest BCUT2D eigenvalue weighted by atomic mass is 16.2. The Labute approximate surface area is 127 Å². The van der Waals surface area contributed by atoms with E-state index in [1.54, 1.807) is 19.0 Å². The molecular formula is C17H25N3O. The summed E-state index contributed by atoms with van der Waals surface area (Å²) in [7, 11) is 3.59. The molecule has 3 rings (SSSR count). The number of hydrogen-bond acceptors (Lipinski definition) is 3. The van der Waals surface area contributed by atoms with E-state index < -0.39 is 0 Å². The Hall–Kier alpha value is -1.55. The summed E-state index contributed by atoms with van der Waals surface area (Å²) in [6.45, 7) is 2.41. The highest BCUT2D eigenvalue weighted by Crippen LogP contribution is 2.30. The van der Waals surface area contributed by atoms with Crippen LogP contribution in [-0.2, 0) is 11.2 Å². The molecule has 1 heterocycles. The predicted octanol–water partition coefficient (Wildman–Crippen LogP) is 1.97. The zero-order valence-corrected chi connectivity index (χ0v) is 13.0. The van der Waals surface area contributed by atoms with Crippen LogP contribution < -0.4 is 5.32 Å². The van der Waals surface area contributed by atoms with Crippen LogP contribution in [0.25, 0.3) is 0 Å². The average Bonchev–Trinajstić information content (AvgIpc) is 3.21. The van der Waals surface area contributed by atoms with Crippen molar-refractivity contribution in [3.63, 3.8) is 0 Å². The number of carbonyl (C=O) groups excluding carboxylic acids is 1. The quantitative estimate of drug-likeness (QED) is 0.899. The Morgan fingerprint density at radius 1 is 1.24 bits per heavy atom. The van der Waals surface area contributed by atoms with E-state index in [0.717, 1.165) is 11.6 Å². The van der Waals surface area contributed by atoms with Gasteiger partial charge in [-0.15, -0.1) is 0 Å². The van der Waals surface area contributed by atoms with Gasteiger partial charge in [0.1, 0.15) is 0 Å². The summed E-state index contributed by atoms with van der Waals surface area (Å²) < 4.78 is 0. The lowest BCUT2D eigenvalue weighted by Gasteiger charge is -2.17. The third kappa shape index (κ3) is 3.76. The van der Waals surface area contributed by atoms with Crippen LogP contribution >= 0.6 is 0 Å². The number of rotatable bonds is 5. The van der Waals surface area contributed by atoms with Gasteiger partial charge in [0.05, 0.1) is 6.42 Å². The highest BCUT2D eigenvalue weighted by molar-refractivity contribution is 5.78. The van der Waals surface area contributed by atoms with E-state index in [9.17, 15) is 4.79 Å². The normalized spacial score (nSPS) is 22.3. The maximum Gasteiger partial charge on any atom is 0.226 e. The molecule has 1 atom stereocenters. The van der Waals surface area contributed by atoms with Crippen molar-refractivity contribution in [1.29, 1.82) is 0 Å². The lowest BCUT2D eigenvalue weighted by atomic mass is 10.1. The number of benzene rings is 1. The summed E-state index contributed by atoms with van der Waals surface area (Å²) in [5.41, 5.74) is 2.24. The molecule has 1 aliphatic carbocycles. The monoisotopic (exact) mass is 287 g/mol. The minimum atomic E-state index is 0.145. The molecule has 1 saturated heterocycles. The summed E-state index contributed by atoms with van der Waals surface area (Å²) >= 11 is 0. The molecule has 1 N–H and O–H groups in total. The molecule has 0 bridgehead atoms. The third-order valence-electron chi connectivity index (χ3n) is 4.46. The van der Waals surface area contributed by atoms with E-state index in [-0.39, 0.29) is 5.91 Å². The first-order valence-corrected chi connectivity index (χ1v) is 7.91. The summed E-state index contributed by atoms with van der Waals surface area (Å²) in [4.78, 5) is 15.9. The molecule has 1 amide bonds. The smallest absolute Gasteiger partial charge is 0.226 e. The van der Waals surface area contributed by atoms with Crippen molar-refractivity contribution in [1.82, 2.24) is 9.80 Å². The number of amides is 1. The van der Waals surface area contributed by atoms with Gasteiger partial charge in [0.15, 0.2) is 0 Å². The Bertz CT molecular complexity index is 493. The van der Waals surface area contributed by atoms with Gasteiger partial charge in [0, 0.05) is 45.0 Å². The minimum Gasteiger partial charge on any atom is -0.381 e. The van der Waals surface area contributed by atoms with Crippen LogP contribution in [0.15, 0.2) is 24.3 Å². The molecule has 4 nitrogen and oxygen atoms in total. The first kappa shape index (κ1) is 14.4. The maximum absolute atomic E-state index is 11.7. The van der Waals surface area contributed by atoms with Crippen LogP contribution in [0.4, 0.5) is 5.69 Å².